The van der Waals surface area contributed by atoms with Crippen LogP contribution in [0.15, 0.2) is 36.8 Å². The maximum Gasteiger partial charge on any atom is 0.223 e. The average molecular weight is 381 g/mol. The molecule has 1 aliphatic rings. The molecular weight excluding hydrogens is 354 g/mol. The Morgan fingerprint density at radius 1 is 1.39 bits per heavy atom. The summed E-state index contributed by atoms with van der Waals surface area (Å²) in [7, 11) is 0. The molecule has 0 radical (unpaired) electrons. The summed E-state index contributed by atoms with van der Waals surface area (Å²) < 4.78 is 14.2. The third-order valence-electron chi connectivity index (χ3n) is 5.24. The van der Waals surface area contributed by atoms with Crippen molar-refractivity contribution in [2.45, 2.75) is 38.8 Å². The van der Waals surface area contributed by atoms with Gasteiger partial charge in [0.25, 0.3) is 0 Å². The SMILES string of the molecule is CC[C@@]1(COc2nc(-c3cnn(C(C)C)c3)cc3ncccc23)CNCCO1. The van der Waals surface area contributed by atoms with Gasteiger partial charge in [0.1, 0.15) is 12.2 Å². The van der Waals surface area contributed by atoms with Crippen molar-refractivity contribution in [1.82, 2.24) is 25.1 Å². The maximum absolute atomic E-state index is 6.23. The molecule has 0 aromatic carbocycles. The third kappa shape index (κ3) is 3.72. The molecule has 0 bridgehead atoms. The van der Waals surface area contributed by atoms with Gasteiger partial charge in [-0.3, -0.25) is 9.67 Å². The molecule has 4 rings (SSSR count). The molecule has 1 atom stereocenters. The second-order valence-corrected chi connectivity index (χ2v) is 7.54. The number of rotatable bonds is 6. The Hall–Kier alpha value is -2.51. The van der Waals surface area contributed by atoms with E-state index >= 15 is 0 Å². The van der Waals surface area contributed by atoms with Gasteiger partial charge in [-0.15, -0.1) is 0 Å². The van der Waals surface area contributed by atoms with E-state index in [1.54, 1.807) is 6.20 Å². The van der Waals surface area contributed by atoms with Crippen LogP contribution in [-0.2, 0) is 4.74 Å². The van der Waals surface area contributed by atoms with E-state index < -0.39 is 0 Å². The fourth-order valence-corrected chi connectivity index (χ4v) is 3.38. The number of morpholine rings is 1. The molecule has 0 amide bonds. The van der Waals surface area contributed by atoms with Gasteiger partial charge in [-0.25, -0.2) is 4.98 Å². The summed E-state index contributed by atoms with van der Waals surface area (Å²) in [6.45, 7) is 9.12. The van der Waals surface area contributed by atoms with Crippen LogP contribution in [0.5, 0.6) is 5.88 Å². The predicted octanol–water partition coefficient (Wildman–Crippen LogP) is 3.22. The highest BCUT2D eigenvalue weighted by Gasteiger charge is 2.33. The van der Waals surface area contributed by atoms with Gasteiger partial charge in [-0.05, 0) is 38.5 Å². The van der Waals surface area contributed by atoms with Gasteiger partial charge in [0.2, 0.25) is 5.88 Å². The van der Waals surface area contributed by atoms with E-state index in [1.807, 2.05) is 35.3 Å². The Bertz CT molecular complexity index is 947. The van der Waals surface area contributed by atoms with E-state index in [0.29, 0.717) is 25.1 Å². The smallest absolute Gasteiger partial charge is 0.223 e. The van der Waals surface area contributed by atoms with Crippen LogP contribution in [0.1, 0.15) is 33.2 Å². The number of nitrogens with one attached hydrogen (secondary N) is 1. The lowest BCUT2D eigenvalue weighted by molar-refractivity contribution is -0.0925. The second kappa shape index (κ2) is 7.85. The Balaban J connectivity index is 1.68. The fourth-order valence-electron chi connectivity index (χ4n) is 3.38. The molecule has 1 N–H and O–H groups in total. The Morgan fingerprint density at radius 2 is 2.29 bits per heavy atom. The van der Waals surface area contributed by atoms with Gasteiger partial charge >= 0.3 is 0 Å². The largest absolute Gasteiger partial charge is 0.474 e. The molecule has 7 nitrogen and oxygen atoms in total. The van der Waals surface area contributed by atoms with Gasteiger partial charge in [0.05, 0.1) is 29.4 Å². The predicted molar refractivity (Wildman–Crippen MR) is 108 cm³/mol. The van der Waals surface area contributed by atoms with Crippen LogP contribution in [0.3, 0.4) is 0 Å². The molecule has 3 aromatic rings. The number of pyridine rings is 2. The topological polar surface area (TPSA) is 74.1 Å². The van der Waals surface area contributed by atoms with E-state index in [1.165, 1.54) is 0 Å². The minimum absolute atomic E-state index is 0.295. The molecule has 1 saturated heterocycles. The van der Waals surface area contributed by atoms with Crippen molar-refractivity contribution in [1.29, 1.82) is 0 Å². The Kier molecular flexibility index (Phi) is 5.28. The zero-order valence-electron chi connectivity index (χ0n) is 16.7. The molecule has 0 spiro atoms. The van der Waals surface area contributed by atoms with Crippen LogP contribution in [0.25, 0.3) is 22.2 Å². The summed E-state index contributed by atoms with van der Waals surface area (Å²) in [6, 6.07) is 6.17. The van der Waals surface area contributed by atoms with E-state index in [4.69, 9.17) is 14.5 Å². The van der Waals surface area contributed by atoms with E-state index in [-0.39, 0.29) is 5.60 Å². The highest BCUT2D eigenvalue weighted by atomic mass is 16.5. The first kappa shape index (κ1) is 18.8. The van der Waals surface area contributed by atoms with Gasteiger partial charge in [0, 0.05) is 37.1 Å². The number of hydrogen-bond donors (Lipinski definition) is 1. The summed E-state index contributed by atoms with van der Waals surface area (Å²) in [6.07, 6.45) is 6.50. The van der Waals surface area contributed by atoms with Crippen LogP contribution in [0, 0.1) is 0 Å². The van der Waals surface area contributed by atoms with Crippen LogP contribution in [-0.4, -0.2) is 51.7 Å². The normalized spacial score (nSPS) is 20.0. The van der Waals surface area contributed by atoms with E-state index in [0.717, 1.165) is 41.7 Å². The highest BCUT2D eigenvalue weighted by Crippen LogP contribution is 2.29. The summed E-state index contributed by atoms with van der Waals surface area (Å²) in [5.74, 6) is 0.583. The minimum atomic E-state index is -0.326. The lowest BCUT2D eigenvalue weighted by Gasteiger charge is -2.36. The molecule has 0 aliphatic carbocycles. The zero-order valence-corrected chi connectivity index (χ0v) is 16.7. The van der Waals surface area contributed by atoms with Gasteiger partial charge in [0.15, 0.2) is 0 Å². The quantitative estimate of drug-likeness (QED) is 0.707. The molecule has 1 aliphatic heterocycles. The van der Waals surface area contributed by atoms with E-state index in [9.17, 15) is 0 Å². The van der Waals surface area contributed by atoms with E-state index in [2.05, 4.69) is 36.2 Å². The fraction of sp³-hybridized carbons (Fsp3) is 0.476. The van der Waals surface area contributed by atoms with Crippen LogP contribution >= 0.6 is 0 Å². The van der Waals surface area contributed by atoms with Crippen molar-refractivity contribution in [3.8, 4) is 17.1 Å². The molecular formula is C21H27N5O2. The number of nitrogens with zero attached hydrogens (tertiary/aromatic N) is 4. The molecule has 0 unspecified atom stereocenters. The number of hydrogen-bond acceptors (Lipinski definition) is 6. The summed E-state index contributed by atoms with van der Waals surface area (Å²) >= 11 is 0. The van der Waals surface area contributed by atoms with Crippen molar-refractivity contribution >= 4 is 10.9 Å². The molecule has 1 fully saturated rings. The van der Waals surface area contributed by atoms with Crippen LogP contribution < -0.4 is 10.1 Å². The summed E-state index contributed by atoms with van der Waals surface area (Å²) in [5.41, 5.74) is 2.29. The molecule has 0 saturated carbocycles. The Morgan fingerprint density at radius 3 is 3.00 bits per heavy atom. The molecule has 148 valence electrons. The summed E-state index contributed by atoms with van der Waals surface area (Å²) in [5, 5.41) is 8.73. The minimum Gasteiger partial charge on any atom is -0.474 e. The molecule has 28 heavy (non-hydrogen) atoms. The lowest BCUT2D eigenvalue weighted by Crippen LogP contribution is -2.53. The van der Waals surface area contributed by atoms with Gasteiger partial charge in [-0.2, -0.15) is 5.10 Å². The van der Waals surface area contributed by atoms with Gasteiger partial charge in [-0.1, -0.05) is 6.92 Å². The molecule has 4 heterocycles. The maximum atomic E-state index is 6.23. The third-order valence-corrected chi connectivity index (χ3v) is 5.24. The van der Waals surface area contributed by atoms with Crippen molar-refractivity contribution in [2.24, 2.45) is 0 Å². The first-order valence-corrected chi connectivity index (χ1v) is 9.88. The molecule has 3 aromatic heterocycles. The van der Waals surface area contributed by atoms with Crippen molar-refractivity contribution in [3.05, 3.63) is 36.8 Å². The van der Waals surface area contributed by atoms with Crippen molar-refractivity contribution in [2.75, 3.05) is 26.3 Å². The van der Waals surface area contributed by atoms with Crippen LogP contribution in [0.4, 0.5) is 0 Å². The second-order valence-electron chi connectivity index (χ2n) is 7.54. The molecule has 7 heteroatoms. The first-order chi connectivity index (χ1) is 13.6. The number of aromatic nitrogens is 4. The Labute approximate surface area is 165 Å². The van der Waals surface area contributed by atoms with Crippen LogP contribution in [0.2, 0.25) is 0 Å². The average Bonchev–Trinajstić information content (AvgIpc) is 3.23. The summed E-state index contributed by atoms with van der Waals surface area (Å²) in [4.78, 5) is 9.31. The standard InChI is InChI=1S/C21H27N5O2/c1-4-21(13-22-8-9-28-21)14-27-20-17-6-5-7-23-19(17)10-18(25-20)16-11-24-26(12-16)15(2)3/h5-7,10-12,15,22H,4,8-9,13-14H2,1-3H3/t21-/m0/s1. The monoisotopic (exact) mass is 381 g/mol. The zero-order chi connectivity index (χ0) is 19.6. The first-order valence-electron chi connectivity index (χ1n) is 9.88. The van der Waals surface area contributed by atoms with Crippen molar-refractivity contribution in [3.63, 3.8) is 0 Å². The number of ether oxygens (including phenoxy) is 2. The lowest BCUT2D eigenvalue weighted by atomic mass is 10.0. The highest BCUT2D eigenvalue weighted by molar-refractivity contribution is 5.86. The van der Waals surface area contributed by atoms with Gasteiger partial charge < -0.3 is 14.8 Å². The van der Waals surface area contributed by atoms with Crippen molar-refractivity contribution < 1.29 is 9.47 Å². The number of fused-ring (bicyclic) bond motifs is 1.